The first kappa shape index (κ1) is 14.9. The second kappa shape index (κ2) is 8.00. The van der Waals surface area contributed by atoms with Gasteiger partial charge in [-0.05, 0) is 13.8 Å². The Labute approximate surface area is 101 Å². The fourth-order valence-electron chi connectivity index (χ4n) is 0.589. The van der Waals surface area contributed by atoms with E-state index in [1.165, 1.54) is 18.0 Å². The van der Waals surface area contributed by atoms with Crippen LogP contribution in [0.2, 0.25) is 0 Å². The minimum atomic E-state index is 0. The molecule has 0 unspecified atom stereocenters. The third-order valence-electron chi connectivity index (χ3n) is 1.39. The second-order valence-electron chi connectivity index (χ2n) is 3.17. The minimum Gasteiger partial charge on any atom is -1.00 e. The molecule has 0 aliphatic carbocycles. The largest absolute Gasteiger partial charge is 1.00 e. The van der Waals surface area contributed by atoms with Gasteiger partial charge < -0.3 is 28.9 Å². The van der Waals surface area contributed by atoms with Crippen molar-refractivity contribution in [2.75, 3.05) is 27.2 Å². The van der Waals surface area contributed by atoms with E-state index in [0.717, 1.165) is 0 Å². The van der Waals surface area contributed by atoms with E-state index in [-0.39, 0.29) is 24.0 Å². The molecule has 0 aliphatic heterocycles. The molecule has 1 N–H and O–H groups in total. The maximum absolute atomic E-state index is 2.38. The highest BCUT2D eigenvalue weighted by Gasteiger charge is 2.05. The zero-order valence-electron chi connectivity index (χ0n) is 7.69. The molecule has 0 amide bonds. The van der Waals surface area contributed by atoms with Crippen LogP contribution in [0.5, 0.6) is 0 Å². The molecule has 11 heavy (non-hydrogen) atoms. The number of likely N-dealkylation sites (N-methyl/N-ethyl adjacent to an activating group) is 1. The van der Waals surface area contributed by atoms with Crippen LogP contribution in [0, 0.1) is 0 Å². The Hall–Kier alpha value is 1.38. The molecule has 70 valence electrons. The number of nitrogens with one attached hydrogen (secondary N) is 1. The van der Waals surface area contributed by atoms with Gasteiger partial charge in [-0.1, -0.05) is 0 Å². The first-order valence-corrected chi connectivity index (χ1v) is 4.72. The van der Waals surface area contributed by atoms with Crippen molar-refractivity contribution >= 4 is 22.9 Å². The molecular formula is C7H18I2N2. The predicted molar refractivity (Wildman–Crippen MR) is 53.5 cm³/mol. The van der Waals surface area contributed by atoms with Gasteiger partial charge in [0.1, 0.15) is 0 Å². The zero-order valence-corrected chi connectivity index (χ0v) is 12.0. The highest BCUT2D eigenvalue weighted by molar-refractivity contribution is 14.1. The van der Waals surface area contributed by atoms with Gasteiger partial charge in [-0.25, -0.2) is 3.11 Å². The average molecular weight is 384 g/mol. The van der Waals surface area contributed by atoms with E-state index in [4.69, 9.17) is 0 Å². The van der Waals surface area contributed by atoms with Crippen LogP contribution in [0.25, 0.3) is 0 Å². The fraction of sp³-hybridized carbons (Fsp3) is 1.00. The molecule has 0 saturated heterocycles. The molecule has 0 heterocycles. The van der Waals surface area contributed by atoms with Gasteiger partial charge in [-0.2, -0.15) is 0 Å². The van der Waals surface area contributed by atoms with E-state index in [1.807, 2.05) is 0 Å². The molecule has 0 aliphatic rings. The Kier molecular flexibility index (Phi) is 10.8. The highest BCUT2D eigenvalue weighted by atomic mass is 127. The Bertz CT molecular complexity index is 86.5. The maximum Gasteiger partial charge on any atom is 0.0904 e. The van der Waals surface area contributed by atoms with Gasteiger partial charge in [-0.15, -0.1) is 0 Å². The number of halogens is 2. The molecule has 0 aromatic rings. The van der Waals surface area contributed by atoms with E-state index in [9.17, 15) is 0 Å². The molecule has 0 atom stereocenters. The Balaban J connectivity index is 0. The summed E-state index contributed by atoms with van der Waals surface area (Å²) in [6, 6.07) is 0.667. The first-order chi connectivity index (χ1) is 4.54. The summed E-state index contributed by atoms with van der Waals surface area (Å²) >= 11 is 2.38. The third kappa shape index (κ3) is 9.29. The van der Waals surface area contributed by atoms with Crippen molar-refractivity contribution in [1.82, 2.24) is 3.11 Å². The lowest BCUT2D eigenvalue weighted by atomic mass is 10.4. The van der Waals surface area contributed by atoms with E-state index in [1.54, 1.807) is 0 Å². The predicted octanol–water partition coefficient (Wildman–Crippen LogP) is -2.80. The molecule has 0 rings (SSSR count). The molecule has 0 fully saturated rings. The van der Waals surface area contributed by atoms with Crippen LogP contribution >= 0.6 is 22.9 Å². The van der Waals surface area contributed by atoms with Gasteiger partial charge in [0, 0.05) is 28.9 Å². The number of hydrogen-bond acceptors (Lipinski definition) is 1. The van der Waals surface area contributed by atoms with Crippen molar-refractivity contribution in [3.8, 4) is 0 Å². The van der Waals surface area contributed by atoms with Gasteiger partial charge >= 0.3 is 0 Å². The molecule has 0 aromatic heterocycles. The molecule has 4 heteroatoms. The van der Waals surface area contributed by atoms with Gasteiger partial charge in [-0.3, -0.25) is 0 Å². The van der Waals surface area contributed by atoms with Gasteiger partial charge in [0.05, 0.1) is 27.2 Å². The molecule has 0 radical (unpaired) electrons. The minimum absolute atomic E-state index is 0. The Morgan fingerprint density at radius 3 is 2.09 bits per heavy atom. The first-order valence-electron chi connectivity index (χ1n) is 3.75. The number of quaternary nitrogens is 1. The number of rotatable bonds is 4. The van der Waals surface area contributed by atoms with E-state index in [2.05, 4.69) is 53.9 Å². The summed E-state index contributed by atoms with van der Waals surface area (Å²) in [5.74, 6) is 0. The van der Waals surface area contributed by atoms with Crippen LogP contribution in [0.15, 0.2) is 0 Å². The molecule has 2 nitrogen and oxygen atoms in total. The molecule has 0 spiro atoms. The standard InChI is InChI=1S/C7H17IN2.HI/c1-7(2)10(8)6-5-9(3)4;/h7H,5-6H2,1-4H3;1H. The normalized spacial score (nSPS) is 10.9. The smallest absolute Gasteiger partial charge is 0.0904 e. The summed E-state index contributed by atoms with van der Waals surface area (Å²) in [7, 11) is 4.37. The van der Waals surface area contributed by atoms with Crippen LogP contribution in [0.4, 0.5) is 0 Å². The van der Waals surface area contributed by atoms with E-state index in [0.29, 0.717) is 6.04 Å². The van der Waals surface area contributed by atoms with E-state index >= 15 is 0 Å². The lowest BCUT2D eigenvalue weighted by Crippen LogP contribution is -3.06. The monoisotopic (exact) mass is 384 g/mol. The van der Waals surface area contributed by atoms with Crippen LogP contribution in [0.3, 0.4) is 0 Å². The topological polar surface area (TPSA) is 7.68 Å². The summed E-state index contributed by atoms with van der Waals surface area (Å²) < 4.78 is 2.34. The lowest BCUT2D eigenvalue weighted by Gasteiger charge is -2.18. The summed E-state index contributed by atoms with van der Waals surface area (Å²) in [4.78, 5) is 1.52. The summed E-state index contributed by atoms with van der Waals surface area (Å²) in [6.07, 6.45) is 0. The van der Waals surface area contributed by atoms with Gasteiger partial charge in [0.15, 0.2) is 0 Å². The van der Waals surface area contributed by atoms with Crippen LogP contribution in [-0.4, -0.2) is 36.3 Å². The van der Waals surface area contributed by atoms with Crippen molar-refractivity contribution in [3.63, 3.8) is 0 Å². The van der Waals surface area contributed by atoms with Crippen molar-refractivity contribution in [2.24, 2.45) is 0 Å². The van der Waals surface area contributed by atoms with Crippen molar-refractivity contribution in [3.05, 3.63) is 0 Å². The fourth-order valence-corrected chi connectivity index (χ4v) is 0.830. The number of nitrogens with zero attached hydrogens (tertiary/aromatic N) is 1. The van der Waals surface area contributed by atoms with Crippen molar-refractivity contribution in [2.45, 2.75) is 19.9 Å². The number of hydrogen-bond donors (Lipinski definition) is 1. The average Bonchev–Trinajstić information content (AvgIpc) is 1.82. The third-order valence-corrected chi connectivity index (χ3v) is 2.98. The molecular weight excluding hydrogens is 366 g/mol. The summed E-state index contributed by atoms with van der Waals surface area (Å²) in [5, 5.41) is 0. The molecule has 0 aromatic carbocycles. The highest BCUT2D eigenvalue weighted by Crippen LogP contribution is 2.02. The van der Waals surface area contributed by atoms with Crippen LogP contribution < -0.4 is 28.9 Å². The summed E-state index contributed by atoms with van der Waals surface area (Å²) in [6.45, 7) is 6.84. The summed E-state index contributed by atoms with van der Waals surface area (Å²) in [5.41, 5.74) is 0. The van der Waals surface area contributed by atoms with Gasteiger partial charge in [0.25, 0.3) is 0 Å². The molecule has 0 saturated carbocycles. The van der Waals surface area contributed by atoms with Crippen molar-refractivity contribution in [1.29, 1.82) is 0 Å². The quantitative estimate of drug-likeness (QED) is 0.407. The SMILES string of the molecule is CC(C)N(I)CC[NH+](C)C.[I-]. The maximum atomic E-state index is 2.38. The van der Waals surface area contributed by atoms with Crippen LogP contribution in [0.1, 0.15) is 13.8 Å². The second-order valence-corrected chi connectivity index (χ2v) is 4.41. The lowest BCUT2D eigenvalue weighted by molar-refractivity contribution is -0.857. The van der Waals surface area contributed by atoms with E-state index < -0.39 is 0 Å². The van der Waals surface area contributed by atoms with Crippen LogP contribution in [-0.2, 0) is 0 Å². The Morgan fingerprint density at radius 2 is 1.82 bits per heavy atom. The Morgan fingerprint density at radius 1 is 1.36 bits per heavy atom. The van der Waals surface area contributed by atoms with Gasteiger partial charge in [0.2, 0.25) is 0 Å². The molecule has 0 bridgehead atoms. The zero-order chi connectivity index (χ0) is 8.15. The van der Waals surface area contributed by atoms with Crippen molar-refractivity contribution < 1.29 is 28.9 Å².